The Labute approximate surface area is 105 Å². The average molecular weight is 246 g/mol. The van der Waals surface area contributed by atoms with E-state index in [-0.39, 0.29) is 5.82 Å². The summed E-state index contributed by atoms with van der Waals surface area (Å²) in [4.78, 5) is 3.86. The molecule has 1 aliphatic rings. The first-order valence-electron chi connectivity index (χ1n) is 6.14. The Morgan fingerprint density at radius 1 is 1.39 bits per heavy atom. The fourth-order valence-corrected chi connectivity index (χ4v) is 1.90. The number of aromatic nitrogens is 3. The van der Waals surface area contributed by atoms with Crippen molar-refractivity contribution < 1.29 is 4.39 Å². The van der Waals surface area contributed by atoms with Crippen molar-refractivity contribution in [1.82, 2.24) is 20.1 Å². The summed E-state index contributed by atoms with van der Waals surface area (Å²) < 4.78 is 15.3. The molecule has 18 heavy (non-hydrogen) atoms. The molecule has 0 radical (unpaired) electrons. The van der Waals surface area contributed by atoms with E-state index >= 15 is 0 Å². The minimum absolute atomic E-state index is 0.194. The van der Waals surface area contributed by atoms with Gasteiger partial charge in [0.2, 0.25) is 0 Å². The fourth-order valence-electron chi connectivity index (χ4n) is 1.90. The van der Waals surface area contributed by atoms with Crippen molar-refractivity contribution in [2.45, 2.75) is 32.0 Å². The summed E-state index contributed by atoms with van der Waals surface area (Å²) in [6, 6.07) is 5.91. The van der Waals surface area contributed by atoms with E-state index in [0.29, 0.717) is 18.2 Å². The molecular weight excluding hydrogens is 231 g/mol. The van der Waals surface area contributed by atoms with Gasteiger partial charge in [0.15, 0.2) is 0 Å². The molecule has 0 bridgehead atoms. The van der Waals surface area contributed by atoms with Gasteiger partial charge in [-0.05, 0) is 30.5 Å². The van der Waals surface area contributed by atoms with Crippen molar-refractivity contribution in [2.24, 2.45) is 0 Å². The van der Waals surface area contributed by atoms with E-state index in [2.05, 4.69) is 15.4 Å². The molecule has 1 N–H and O–H groups in total. The van der Waals surface area contributed by atoms with Crippen LogP contribution >= 0.6 is 0 Å². The van der Waals surface area contributed by atoms with Crippen LogP contribution in [0.2, 0.25) is 0 Å². The average Bonchev–Trinajstić information content (AvgIpc) is 3.07. The number of hydrogen-bond donors (Lipinski definition) is 1. The molecule has 94 valence electrons. The molecule has 0 aliphatic heterocycles. The van der Waals surface area contributed by atoms with Gasteiger partial charge in [0.05, 0.1) is 6.54 Å². The van der Waals surface area contributed by atoms with Crippen LogP contribution in [0.1, 0.15) is 24.0 Å². The normalized spacial score (nSPS) is 14.9. The highest BCUT2D eigenvalue weighted by Crippen LogP contribution is 2.20. The monoisotopic (exact) mass is 246 g/mol. The highest BCUT2D eigenvalue weighted by molar-refractivity contribution is 5.25. The van der Waals surface area contributed by atoms with Crippen molar-refractivity contribution in [3.05, 3.63) is 47.8 Å². The van der Waals surface area contributed by atoms with E-state index in [4.69, 9.17) is 0 Å². The number of rotatable bonds is 5. The molecule has 3 rings (SSSR count). The molecule has 1 aromatic heterocycles. The van der Waals surface area contributed by atoms with Crippen LogP contribution in [0.5, 0.6) is 0 Å². The Kier molecular flexibility index (Phi) is 3.06. The number of halogens is 1. The smallest absolute Gasteiger partial charge is 0.137 e. The topological polar surface area (TPSA) is 42.7 Å². The largest absolute Gasteiger partial charge is 0.310 e. The zero-order chi connectivity index (χ0) is 12.4. The standard InChI is InChI=1S/C13H15FN4/c14-13-4-1-10(6-16-12-2-3-12)5-11(13)7-18-9-15-8-17-18/h1,4-5,8-9,12,16H,2-3,6-7H2. The minimum Gasteiger partial charge on any atom is -0.310 e. The summed E-state index contributed by atoms with van der Waals surface area (Å²) in [6.45, 7) is 1.22. The SMILES string of the molecule is Fc1ccc(CNC2CC2)cc1Cn1cncn1. The number of nitrogens with zero attached hydrogens (tertiary/aromatic N) is 3. The van der Waals surface area contributed by atoms with E-state index < -0.39 is 0 Å². The quantitative estimate of drug-likeness (QED) is 0.873. The van der Waals surface area contributed by atoms with Crippen LogP contribution in [0.3, 0.4) is 0 Å². The van der Waals surface area contributed by atoms with Crippen LogP contribution < -0.4 is 5.32 Å². The molecule has 0 saturated heterocycles. The number of benzene rings is 1. The maximum absolute atomic E-state index is 13.7. The Hall–Kier alpha value is -1.75. The lowest BCUT2D eigenvalue weighted by Gasteiger charge is -2.07. The van der Waals surface area contributed by atoms with E-state index in [1.807, 2.05) is 12.1 Å². The lowest BCUT2D eigenvalue weighted by Crippen LogP contribution is -2.15. The zero-order valence-corrected chi connectivity index (χ0v) is 10.0. The molecule has 0 spiro atoms. The second-order valence-corrected chi connectivity index (χ2v) is 4.67. The van der Waals surface area contributed by atoms with Gasteiger partial charge in [-0.15, -0.1) is 0 Å². The molecule has 0 amide bonds. The Morgan fingerprint density at radius 2 is 2.28 bits per heavy atom. The van der Waals surface area contributed by atoms with Crippen LogP contribution in [-0.4, -0.2) is 20.8 Å². The van der Waals surface area contributed by atoms with E-state index in [1.54, 1.807) is 11.0 Å². The van der Waals surface area contributed by atoms with Crippen molar-refractivity contribution >= 4 is 0 Å². The molecule has 0 unspecified atom stereocenters. The molecule has 1 saturated carbocycles. The van der Waals surface area contributed by atoms with Gasteiger partial charge >= 0.3 is 0 Å². The van der Waals surface area contributed by atoms with Gasteiger partial charge in [0.1, 0.15) is 18.5 Å². The molecule has 5 heteroatoms. The second-order valence-electron chi connectivity index (χ2n) is 4.67. The maximum Gasteiger partial charge on any atom is 0.137 e. The second kappa shape index (κ2) is 4.86. The molecule has 1 heterocycles. The van der Waals surface area contributed by atoms with Crippen LogP contribution in [-0.2, 0) is 13.1 Å². The van der Waals surface area contributed by atoms with Gasteiger partial charge in [-0.2, -0.15) is 5.10 Å². The Morgan fingerprint density at radius 3 is 3.00 bits per heavy atom. The van der Waals surface area contributed by atoms with Gasteiger partial charge in [-0.25, -0.2) is 14.1 Å². The maximum atomic E-state index is 13.7. The lowest BCUT2D eigenvalue weighted by atomic mass is 10.1. The highest BCUT2D eigenvalue weighted by atomic mass is 19.1. The van der Waals surface area contributed by atoms with Crippen molar-refractivity contribution in [1.29, 1.82) is 0 Å². The molecular formula is C13H15FN4. The number of nitrogens with one attached hydrogen (secondary N) is 1. The van der Waals surface area contributed by atoms with Crippen molar-refractivity contribution in [2.75, 3.05) is 0 Å². The minimum atomic E-state index is -0.194. The third-order valence-electron chi connectivity index (χ3n) is 3.08. The zero-order valence-electron chi connectivity index (χ0n) is 10.0. The van der Waals surface area contributed by atoms with Gasteiger partial charge in [-0.3, -0.25) is 0 Å². The summed E-state index contributed by atoms with van der Waals surface area (Å²) in [5.74, 6) is -0.194. The third-order valence-corrected chi connectivity index (χ3v) is 3.08. The first kappa shape index (κ1) is 11.3. The van der Waals surface area contributed by atoms with Crippen molar-refractivity contribution in [3.63, 3.8) is 0 Å². The van der Waals surface area contributed by atoms with E-state index in [1.165, 1.54) is 25.2 Å². The van der Waals surface area contributed by atoms with E-state index in [0.717, 1.165) is 12.1 Å². The van der Waals surface area contributed by atoms with E-state index in [9.17, 15) is 4.39 Å². The fraction of sp³-hybridized carbons (Fsp3) is 0.385. The predicted molar refractivity (Wildman–Crippen MR) is 65.4 cm³/mol. The molecule has 4 nitrogen and oxygen atoms in total. The summed E-state index contributed by atoms with van der Waals surface area (Å²) in [5.41, 5.74) is 1.76. The summed E-state index contributed by atoms with van der Waals surface area (Å²) in [5, 5.41) is 7.41. The predicted octanol–water partition coefficient (Wildman–Crippen LogP) is 1.72. The van der Waals surface area contributed by atoms with Crippen LogP contribution in [0.25, 0.3) is 0 Å². The summed E-state index contributed by atoms with van der Waals surface area (Å²) >= 11 is 0. The highest BCUT2D eigenvalue weighted by Gasteiger charge is 2.20. The lowest BCUT2D eigenvalue weighted by molar-refractivity contribution is 0.582. The van der Waals surface area contributed by atoms with Gasteiger partial charge in [0.25, 0.3) is 0 Å². The van der Waals surface area contributed by atoms with Gasteiger partial charge in [0, 0.05) is 18.2 Å². The molecule has 0 atom stereocenters. The Balaban J connectivity index is 1.72. The summed E-state index contributed by atoms with van der Waals surface area (Å²) in [7, 11) is 0. The van der Waals surface area contributed by atoms with Gasteiger partial charge < -0.3 is 5.32 Å². The molecule has 1 aliphatic carbocycles. The van der Waals surface area contributed by atoms with Gasteiger partial charge in [-0.1, -0.05) is 6.07 Å². The first-order chi connectivity index (χ1) is 8.81. The molecule has 1 aromatic carbocycles. The first-order valence-corrected chi connectivity index (χ1v) is 6.14. The molecule has 1 fully saturated rings. The van der Waals surface area contributed by atoms with Crippen LogP contribution in [0.4, 0.5) is 4.39 Å². The summed E-state index contributed by atoms with van der Waals surface area (Å²) in [6.07, 6.45) is 5.56. The van der Waals surface area contributed by atoms with Crippen molar-refractivity contribution in [3.8, 4) is 0 Å². The number of hydrogen-bond acceptors (Lipinski definition) is 3. The molecule has 2 aromatic rings. The third kappa shape index (κ3) is 2.73. The van der Waals surface area contributed by atoms with Crippen LogP contribution in [0.15, 0.2) is 30.9 Å². The Bertz CT molecular complexity index is 520. The van der Waals surface area contributed by atoms with Crippen LogP contribution in [0, 0.1) is 5.82 Å².